The highest BCUT2D eigenvalue weighted by atomic mass is 32.2. The number of terminal acetylenes is 1. The van der Waals surface area contributed by atoms with Gasteiger partial charge in [-0.25, -0.2) is 8.42 Å². The van der Waals surface area contributed by atoms with Crippen LogP contribution in [0.2, 0.25) is 0 Å². The molecule has 1 aliphatic carbocycles. The van der Waals surface area contributed by atoms with Gasteiger partial charge < -0.3 is 0 Å². The first kappa shape index (κ1) is 11.0. The molecule has 0 spiro atoms. The lowest BCUT2D eigenvalue weighted by Gasteiger charge is -2.31. The standard InChI is InChI=1S/C11H17NO2S/c1-2-5-12-6-7-15(13,14)11(9-12)8-10-3-4-10/h1,10-11H,3-9H2. The largest absolute Gasteiger partial charge is 0.290 e. The molecule has 2 aliphatic rings. The van der Waals surface area contributed by atoms with E-state index < -0.39 is 9.84 Å². The predicted molar refractivity (Wildman–Crippen MR) is 60.2 cm³/mol. The summed E-state index contributed by atoms with van der Waals surface area (Å²) in [6, 6.07) is 0. The van der Waals surface area contributed by atoms with E-state index in [0.717, 1.165) is 6.42 Å². The summed E-state index contributed by atoms with van der Waals surface area (Å²) >= 11 is 0. The second kappa shape index (κ2) is 4.15. The molecule has 1 unspecified atom stereocenters. The van der Waals surface area contributed by atoms with Crippen LogP contribution in [0.1, 0.15) is 19.3 Å². The molecule has 84 valence electrons. The summed E-state index contributed by atoms with van der Waals surface area (Å²) in [4.78, 5) is 2.08. The van der Waals surface area contributed by atoms with Gasteiger partial charge in [0.25, 0.3) is 0 Å². The average Bonchev–Trinajstić information content (AvgIpc) is 2.95. The van der Waals surface area contributed by atoms with Gasteiger partial charge in [0, 0.05) is 13.1 Å². The average molecular weight is 227 g/mol. The van der Waals surface area contributed by atoms with Crippen molar-refractivity contribution in [1.29, 1.82) is 0 Å². The van der Waals surface area contributed by atoms with Crippen molar-refractivity contribution in [1.82, 2.24) is 4.90 Å². The smallest absolute Gasteiger partial charge is 0.155 e. The zero-order chi connectivity index (χ0) is 10.9. The van der Waals surface area contributed by atoms with Crippen LogP contribution in [-0.4, -0.2) is 44.0 Å². The second-order valence-electron chi connectivity index (χ2n) is 4.61. The topological polar surface area (TPSA) is 37.4 Å². The molecule has 3 nitrogen and oxygen atoms in total. The van der Waals surface area contributed by atoms with Crippen molar-refractivity contribution >= 4 is 9.84 Å². The van der Waals surface area contributed by atoms with E-state index in [2.05, 4.69) is 10.8 Å². The maximum Gasteiger partial charge on any atom is 0.155 e. The van der Waals surface area contributed by atoms with Gasteiger partial charge in [-0.2, -0.15) is 0 Å². The fourth-order valence-electron chi connectivity index (χ4n) is 2.14. The van der Waals surface area contributed by atoms with Crippen LogP contribution < -0.4 is 0 Å². The first-order chi connectivity index (χ1) is 7.12. The Kier molecular flexibility index (Phi) is 3.03. The molecule has 0 aromatic rings. The van der Waals surface area contributed by atoms with Crippen molar-refractivity contribution in [3.63, 3.8) is 0 Å². The van der Waals surface area contributed by atoms with Crippen molar-refractivity contribution in [2.24, 2.45) is 5.92 Å². The summed E-state index contributed by atoms with van der Waals surface area (Å²) in [6.07, 6.45) is 8.51. The molecule has 1 atom stereocenters. The molecule has 1 heterocycles. The van der Waals surface area contributed by atoms with Crippen LogP contribution in [0, 0.1) is 18.3 Å². The molecule has 0 aromatic carbocycles. The van der Waals surface area contributed by atoms with Gasteiger partial charge in [0.05, 0.1) is 17.5 Å². The van der Waals surface area contributed by atoms with Gasteiger partial charge in [0.15, 0.2) is 9.84 Å². The molecule has 15 heavy (non-hydrogen) atoms. The Balaban J connectivity index is 1.99. The van der Waals surface area contributed by atoms with Crippen molar-refractivity contribution in [3.05, 3.63) is 0 Å². The van der Waals surface area contributed by atoms with Gasteiger partial charge in [0.2, 0.25) is 0 Å². The molecule has 2 fully saturated rings. The van der Waals surface area contributed by atoms with Crippen molar-refractivity contribution < 1.29 is 8.42 Å². The number of sulfone groups is 1. The van der Waals surface area contributed by atoms with Crippen molar-refractivity contribution in [3.8, 4) is 12.3 Å². The van der Waals surface area contributed by atoms with Gasteiger partial charge in [-0.05, 0) is 12.3 Å². The van der Waals surface area contributed by atoms with Crippen LogP contribution in [0.15, 0.2) is 0 Å². The molecular weight excluding hydrogens is 210 g/mol. The van der Waals surface area contributed by atoms with E-state index >= 15 is 0 Å². The van der Waals surface area contributed by atoms with Crippen molar-refractivity contribution in [2.75, 3.05) is 25.4 Å². The maximum absolute atomic E-state index is 11.8. The van der Waals surface area contributed by atoms with E-state index in [-0.39, 0.29) is 11.0 Å². The third-order valence-corrected chi connectivity index (χ3v) is 5.38. The van der Waals surface area contributed by atoms with Gasteiger partial charge in [-0.3, -0.25) is 4.90 Å². The number of hydrogen-bond acceptors (Lipinski definition) is 3. The van der Waals surface area contributed by atoms with Crippen LogP contribution in [0.5, 0.6) is 0 Å². The third-order valence-electron chi connectivity index (χ3n) is 3.27. The predicted octanol–water partition coefficient (Wildman–Crippen LogP) is 0.519. The molecule has 0 aromatic heterocycles. The first-order valence-corrected chi connectivity index (χ1v) is 7.21. The maximum atomic E-state index is 11.8. The van der Waals surface area contributed by atoms with E-state index in [1.807, 2.05) is 0 Å². The summed E-state index contributed by atoms with van der Waals surface area (Å²) in [5, 5.41) is -0.160. The Morgan fingerprint density at radius 2 is 2.13 bits per heavy atom. The zero-order valence-corrected chi connectivity index (χ0v) is 9.67. The van der Waals surface area contributed by atoms with Crippen LogP contribution in [0.4, 0.5) is 0 Å². The van der Waals surface area contributed by atoms with E-state index in [9.17, 15) is 8.42 Å². The number of hydrogen-bond donors (Lipinski definition) is 0. The number of rotatable bonds is 3. The Morgan fingerprint density at radius 1 is 1.40 bits per heavy atom. The third kappa shape index (κ3) is 2.73. The summed E-state index contributed by atoms with van der Waals surface area (Å²) in [5.74, 6) is 3.53. The Hall–Kier alpha value is -0.530. The molecular formula is C11H17NO2S. The monoisotopic (exact) mass is 227 g/mol. The Bertz CT molecular complexity index is 365. The molecule has 0 radical (unpaired) electrons. The lowest BCUT2D eigenvalue weighted by atomic mass is 10.2. The van der Waals surface area contributed by atoms with Crippen LogP contribution in [0.25, 0.3) is 0 Å². The van der Waals surface area contributed by atoms with E-state index in [1.165, 1.54) is 12.8 Å². The highest BCUT2D eigenvalue weighted by Gasteiger charge is 2.36. The molecule has 1 saturated carbocycles. The molecule has 0 bridgehead atoms. The highest BCUT2D eigenvalue weighted by Crippen LogP contribution is 2.36. The van der Waals surface area contributed by atoms with Gasteiger partial charge in [-0.1, -0.05) is 18.8 Å². The summed E-state index contributed by atoms with van der Waals surface area (Å²) in [5.41, 5.74) is 0. The first-order valence-electron chi connectivity index (χ1n) is 5.49. The fraction of sp³-hybridized carbons (Fsp3) is 0.818. The quantitative estimate of drug-likeness (QED) is 0.660. The van der Waals surface area contributed by atoms with Gasteiger partial charge in [-0.15, -0.1) is 6.42 Å². The van der Waals surface area contributed by atoms with Crippen LogP contribution in [0.3, 0.4) is 0 Å². The van der Waals surface area contributed by atoms with Crippen molar-refractivity contribution in [2.45, 2.75) is 24.5 Å². The SMILES string of the molecule is C#CCN1CCS(=O)(=O)C(CC2CC2)C1. The lowest BCUT2D eigenvalue weighted by Crippen LogP contribution is -2.47. The molecule has 0 amide bonds. The minimum absolute atomic E-state index is 0.160. The number of nitrogens with zero attached hydrogens (tertiary/aromatic N) is 1. The summed E-state index contributed by atoms with van der Waals surface area (Å²) in [6.45, 7) is 1.83. The second-order valence-corrected chi connectivity index (χ2v) is 7.01. The lowest BCUT2D eigenvalue weighted by molar-refractivity contribution is 0.299. The summed E-state index contributed by atoms with van der Waals surface area (Å²) in [7, 11) is -2.84. The minimum atomic E-state index is -2.84. The normalized spacial score (nSPS) is 31.0. The Morgan fingerprint density at radius 3 is 2.73 bits per heavy atom. The van der Waals surface area contributed by atoms with Crippen LogP contribution >= 0.6 is 0 Å². The van der Waals surface area contributed by atoms with E-state index in [4.69, 9.17) is 6.42 Å². The zero-order valence-electron chi connectivity index (χ0n) is 8.85. The molecule has 0 N–H and O–H groups in total. The fourth-order valence-corrected chi connectivity index (χ4v) is 3.98. The van der Waals surface area contributed by atoms with E-state index in [1.54, 1.807) is 0 Å². The van der Waals surface area contributed by atoms with Gasteiger partial charge in [0.1, 0.15) is 0 Å². The molecule has 1 saturated heterocycles. The minimum Gasteiger partial charge on any atom is -0.290 e. The molecule has 4 heteroatoms. The van der Waals surface area contributed by atoms with Gasteiger partial charge >= 0.3 is 0 Å². The Labute approximate surface area is 91.8 Å². The van der Waals surface area contributed by atoms with E-state index in [0.29, 0.717) is 25.6 Å². The summed E-state index contributed by atoms with van der Waals surface area (Å²) < 4.78 is 23.6. The van der Waals surface area contributed by atoms with Crippen LogP contribution in [-0.2, 0) is 9.84 Å². The highest BCUT2D eigenvalue weighted by molar-refractivity contribution is 7.92. The molecule has 1 aliphatic heterocycles. The molecule has 2 rings (SSSR count).